The number of nitrogens with zero attached hydrogens (tertiary/aromatic N) is 1. The number of allylic oxidation sites excluding steroid dienone is 1. The summed E-state index contributed by atoms with van der Waals surface area (Å²) in [5.74, 6) is 0. The normalized spacial score (nSPS) is 13.7. The number of hydrogen-bond acceptors (Lipinski definition) is 3. The molecule has 1 aliphatic heterocycles. The van der Waals surface area contributed by atoms with Gasteiger partial charge < -0.3 is 0 Å². The molecule has 3 nitrogen and oxygen atoms in total. The van der Waals surface area contributed by atoms with Crippen LogP contribution in [0.1, 0.15) is 5.56 Å². The molecule has 1 aliphatic rings. The molecule has 0 fully saturated rings. The molecule has 0 bridgehead atoms. The van der Waals surface area contributed by atoms with Crippen LogP contribution >= 0.6 is 0 Å². The molecule has 0 amide bonds. The van der Waals surface area contributed by atoms with Gasteiger partial charge in [0.1, 0.15) is 5.71 Å². The highest BCUT2D eigenvalue weighted by molar-refractivity contribution is 6.35. The Bertz CT molecular complexity index is 394. The van der Waals surface area contributed by atoms with Crippen molar-refractivity contribution in [3.8, 4) is 0 Å². The summed E-state index contributed by atoms with van der Waals surface area (Å²) in [4.78, 5) is 10.3. The molecule has 1 aromatic rings. The van der Waals surface area contributed by atoms with Crippen molar-refractivity contribution in [1.82, 2.24) is 0 Å². The van der Waals surface area contributed by atoms with Crippen molar-refractivity contribution in [2.75, 3.05) is 5.43 Å². The molecule has 3 heteroatoms. The van der Waals surface area contributed by atoms with E-state index in [1.807, 2.05) is 30.3 Å². The average molecular weight is 171 g/mol. The molecule has 0 atom stereocenters. The van der Waals surface area contributed by atoms with Crippen LogP contribution in [0.25, 0.3) is 6.08 Å². The maximum atomic E-state index is 10.3. The first-order valence-electron chi connectivity index (χ1n) is 3.89. The fraction of sp³-hybridized carbons (Fsp3) is 0. The minimum Gasteiger partial charge on any atom is -0.283 e. The van der Waals surface area contributed by atoms with Crippen LogP contribution in [0.4, 0.5) is 5.69 Å². The standard InChI is InChI=1S/C10H7N2O/c13-7-9-6-5-8-3-1-2-4-10(8)12-11-9/h1-6,12H. The SMILES string of the molecule is O=[C]C1=NNc2ccccc2C=C1. The van der Waals surface area contributed by atoms with Crippen LogP contribution in [0.5, 0.6) is 0 Å². The van der Waals surface area contributed by atoms with Gasteiger partial charge >= 0.3 is 0 Å². The van der Waals surface area contributed by atoms with E-state index in [-0.39, 0.29) is 5.71 Å². The maximum absolute atomic E-state index is 10.3. The highest BCUT2D eigenvalue weighted by Crippen LogP contribution is 2.18. The lowest BCUT2D eigenvalue weighted by atomic mass is 10.1. The van der Waals surface area contributed by atoms with Crippen molar-refractivity contribution >= 4 is 23.8 Å². The highest BCUT2D eigenvalue weighted by Gasteiger charge is 2.02. The van der Waals surface area contributed by atoms with Crippen LogP contribution in [0.2, 0.25) is 0 Å². The smallest absolute Gasteiger partial charge is 0.255 e. The molecule has 1 aromatic carbocycles. The van der Waals surface area contributed by atoms with E-state index < -0.39 is 0 Å². The summed E-state index contributed by atoms with van der Waals surface area (Å²) in [7, 11) is 0. The van der Waals surface area contributed by atoms with Crippen molar-refractivity contribution in [2.45, 2.75) is 0 Å². The molecule has 1 heterocycles. The second kappa shape index (κ2) is 3.23. The van der Waals surface area contributed by atoms with Gasteiger partial charge in [-0.2, -0.15) is 5.10 Å². The van der Waals surface area contributed by atoms with E-state index in [1.54, 1.807) is 12.4 Å². The summed E-state index contributed by atoms with van der Waals surface area (Å²) in [6.45, 7) is 0. The zero-order chi connectivity index (χ0) is 9.10. The third-order valence-electron chi connectivity index (χ3n) is 1.78. The summed E-state index contributed by atoms with van der Waals surface area (Å²) in [5, 5.41) is 3.84. The van der Waals surface area contributed by atoms with Gasteiger partial charge in [0, 0.05) is 0 Å². The summed E-state index contributed by atoms with van der Waals surface area (Å²) < 4.78 is 0. The van der Waals surface area contributed by atoms with Gasteiger partial charge in [-0.15, -0.1) is 0 Å². The Hall–Kier alpha value is -1.90. The lowest BCUT2D eigenvalue weighted by molar-refractivity contribution is 0.567. The van der Waals surface area contributed by atoms with Crippen molar-refractivity contribution in [3.63, 3.8) is 0 Å². The Morgan fingerprint density at radius 1 is 1.23 bits per heavy atom. The van der Waals surface area contributed by atoms with E-state index in [0.717, 1.165) is 11.3 Å². The van der Waals surface area contributed by atoms with Crippen LogP contribution in [0.15, 0.2) is 35.4 Å². The third-order valence-corrected chi connectivity index (χ3v) is 1.78. The van der Waals surface area contributed by atoms with Gasteiger partial charge in [0.15, 0.2) is 0 Å². The molecule has 63 valence electrons. The number of rotatable bonds is 1. The fourth-order valence-corrected chi connectivity index (χ4v) is 1.13. The molecule has 2 rings (SSSR count). The lowest BCUT2D eigenvalue weighted by Gasteiger charge is -2.01. The Balaban J connectivity index is 2.44. The van der Waals surface area contributed by atoms with Crippen molar-refractivity contribution in [2.24, 2.45) is 5.10 Å². The number of anilines is 1. The molecule has 1 radical (unpaired) electrons. The Kier molecular flexibility index (Phi) is 1.92. The minimum absolute atomic E-state index is 0.274. The molecule has 0 saturated heterocycles. The van der Waals surface area contributed by atoms with Crippen LogP contribution in [-0.2, 0) is 4.79 Å². The van der Waals surface area contributed by atoms with Crippen LogP contribution < -0.4 is 5.43 Å². The molecule has 0 aromatic heterocycles. The Labute approximate surface area is 75.8 Å². The van der Waals surface area contributed by atoms with E-state index in [1.165, 1.54) is 0 Å². The van der Waals surface area contributed by atoms with Gasteiger partial charge in [0.2, 0.25) is 0 Å². The van der Waals surface area contributed by atoms with Gasteiger partial charge in [-0.05, 0) is 17.7 Å². The number of carbonyl (C=O) groups excluding carboxylic acids is 1. The summed E-state index contributed by atoms with van der Waals surface area (Å²) >= 11 is 0. The summed E-state index contributed by atoms with van der Waals surface area (Å²) in [6, 6.07) is 7.68. The first-order valence-corrected chi connectivity index (χ1v) is 3.89. The number of hydrazone groups is 1. The zero-order valence-electron chi connectivity index (χ0n) is 6.82. The predicted molar refractivity (Wildman–Crippen MR) is 52.2 cm³/mol. The van der Waals surface area contributed by atoms with Crippen LogP contribution in [-0.4, -0.2) is 12.0 Å². The van der Waals surface area contributed by atoms with E-state index in [2.05, 4.69) is 10.5 Å². The zero-order valence-corrected chi connectivity index (χ0v) is 6.82. The second-order valence-corrected chi connectivity index (χ2v) is 2.63. The number of benzene rings is 1. The Morgan fingerprint density at radius 2 is 2.08 bits per heavy atom. The number of para-hydroxylation sites is 1. The minimum atomic E-state index is 0.274. The molecular weight excluding hydrogens is 164 g/mol. The van der Waals surface area contributed by atoms with Gasteiger partial charge in [-0.3, -0.25) is 10.2 Å². The number of fused-ring (bicyclic) bond motifs is 1. The van der Waals surface area contributed by atoms with Crippen LogP contribution in [0.3, 0.4) is 0 Å². The first kappa shape index (κ1) is 7.73. The quantitative estimate of drug-likeness (QED) is 0.697. The molecule has 0 unspecified atom stereocenters. The summed E-state index contributed by atoms with van der Waals surface area (Å²) in [5.41, 5.74) is 4.97. The molecule has 0 saturated carbocycles. The molecular formula is C10H7N2O. The maximum Gasteiger partial charge on any atom is 0.255 e. The molecule has 0 spiro atoms. The number of nitrogens with one attached hydrogen (secondary N) is 1. The first-order chi connectivity index (χ1) is 6.40. The van der Waals surface area contributed by atoms with Crippen molar-refractivity contribution in [1.29, 1.82) is 0 Å². The van der Waals surface area contributed by atoms with Gasteiger partial charge in [0.05, 0.1) is 5.69 Å². The van der Waals surface area contributed by atoms with Gasteiger partial charge in [-0.1, -0.05) is 24.3 Å². The number of hydrogen-bond donors (Lipinski definition) is 1. The second-order valence-electron chi connectivity index (χ2n) is 2.63. The summed E-state index contributed by atoms with van der Waals surface area (Å²) in [6.07, 6.45) is 5.19. The lowest BCUT2D eigenvalue weighted by Crippen LogP contribution is -1.97. The average Bonchev–Trinajstić information content (AvgIpc) is 2.39. The molecule has 1 N–H and O–H groups in total. The highest BCUT2D eigenvalue weighted by atomic mass is 16.1. The van der Waals surface area contributed by atoms with Gasteiger partial charge in [0.25, 0.3) is 6.29 Å². The van der Waals surface area contributed by atoms with E-state index >= 15 is 0 Å². The fourth-order valence-electron chi connectivity index (χ4n) is 1.13. The van der Waals surface area contributed by atoms with Crippen LogP contribution in [0, 0.1) is 0 Å². The third kappa shape index (κ3) is 1.49. The topological polar surface area (TPSA) is 41.5 Å². The predicted octanol–water partition coefficient (Wildman–Crippen LogP) is 1.59. The van der Waals surface area contributed by atoms with Crippen molar-refractivity contribution < 1.29 is 4.79 Å². The van der Waals surface area contributed by atoms with E-state index in [4.69, 9.17) is 0 Å². The monoisotopic (exact) mass is 171 g/mol. The molecule has 0 aliphatic carbocycles. The molecule has 13 heavy (non-hydrogen) atoms. The van der Waals surface area contributed by atoms with E-state index in [9.17, 15) is 4.79 Å². The Morgan fingerprint density at radius 3 is 2.92 bits per heavy atom. The largest absolute Gasteiger partial charge is 0.283 e. The van der Waals surface area contributed by atoms with Crippen molar-refractivity contribution in [3.05, 3.63) is 35.9 Å². The van der Waals surface area contributed by atoms with Gasteiger partial charge in [-0.25, -0.2) is 0 Å². The van der Waals surface area contributed by atoms with E-state index in [0.29, 0.717) is 0 Å².